The van der Waals surface area contributed by atoms with Gasteiger partial charge in [0.15, 0.2) is 0 Å². The molecule has 0 aromatic rings. The summed E-state index contributed by atoms with van der Waals surface area (Å²) < 4.78 is 0. The second kappa shape index (κ2) is 6.62. The van der Waals surface area contributed by atoms with Crippen LogP contribution < -0.4 is 11.5 Å². The van der Waals surface area contributed by atoms with Gasteiger partial charge in [0.25, 0.3) is 0 Å². The van der Waals surface area contributed by atoms with Gasteiger partial charge >= 0.3 is 0 Å². The van der Waals surface area contributed by atoms with Crippen LogP contribution in [0.3, 0.4) is 0 Å². The molecule has 0 radical (unpaired) electrons. The lowest BCUT2D eigenvalue weighted by molar-refractivity contribution is 0.412. The quantitative estimate of drug-likeness (QED) is 0.621. The largest absolute Gasteiger partial charge is 0.314 e. The maximum atomic E-state index is 5.49. The summed E-state index contributed by atoms with van der Waals surface area (Å²) >= 11 is 0. The average Bonchev–Trinajstić information content (AvgIpc) is 1.68. The Bertz CT molecular complexity index is 50.9. The highest BCUT2D eigenvalue weighted by atomic mass is 35.5. The fourth-order valence-electron chi connectivity index (χ4n) is 0.250. The summed E-state index contributed by atoms with van der Waals surface area (Å²) in [6.45, 7) is 3.98. The van der Waals surface area contributed by atoms with Gasteiger partial charge in [-0.15, -0.1) is 24.8 Å². The van der Waals surface area contributed by atoms with E-state index in [1.165, 1.54) is 0 Å². The highest BCUT2D eigenvalue weighted by Gasteiger charge is 2.10. The average molecular weight is 175 g/mol. The Labute approximate surface area is 69.2 Å². The summed E-state index contributed by atoms with van der Waals surface area (Å²) in [7, 11) is 0. The van der Waals surface area contributed by atoms with Crippen LogP contribution >= 0.6 is 24.8 Å². The zero-order valence-corrected chi connectivity index (χ0v) is 7.52. The van der Waals surface area contributed by atoms with Crippen LogP contribution in [0.15, 0.2) is 0 Å². The Hall–Kier alpha value is 0.500. The smallest absolute Gasteiger partial charge is 0.0631 e. The van der Waals surface area contributed by atoms with Crippen molar-refractivity contribution in [3.05, 3.63) is 0 Å². The van der Waals surface area contributed by atoms with E-state index >= 15 is 0 Å². The van der Waals surface area contributed by atoms with Gasteiger partial charge in [-0.1, -0.05) is 13.8 Å². The molecular weight excluding hydrogens is 159 g/mol. The Morgan fingerprint density at radius 2 is 1.22 bits per heavy atom. The minimum Gasteiger partial charge on any atom is -0.314 e. The number of rotatable bonds is 2. The first-order valence-electron chi connectivity index (χ1n) is 2.70. The minimum atomic E-state index is -0.417. The van der Waals surface area contributed by atoms with Crippen LogP contribution in [0, 0.1) is 0 Å². The van der Waals surface area contributed by atoms with E-state index in [4.69, 9.17) is 11.5 Å². The molecule has 0 aliphatic carbocycles. The highest BCUT2D eigenvalue weighted by molar-refractivity contribution is 5.85. The first kappa shape index (κ1) is 16.2. The van der Waals surface area contributed by atoms with Crippen LogP contribution in [0.4, 0.5) is 0 Å². The van der Waals surface area contributed by atoms with Crippen molar-refractivity contribution in [1.82, 2.24) is 0 Å². The van der Waals surface area contributed by atoms with Gasteiger partial charge in [0, 0.05) is 0 Å². The number of nitrogens with two attached hydrogens (primary N) is 2. The predicted octanol–water partition coefficient (Wildman–Crippen LogP) is 1.26. The van der Waals surface area contributed by atoms with Gasteiger partial charge in [0.1, 0.15) is 0 Å². The van der Waals surface area contributed by atoms with E-state index < -0.39 is 5.66 Å². The van der Waals surface area contributed by atoms with E-state index in [9.17, 15) is 0 Å². The Kier molecular flexibility index (Phi) is 11.9. The molecule has 0 fully saturated rings. The monoisotopic (exact) mass is 174 g/mol. The van der Waals surface area contributed by atoms with Gasteiger partial charge in [-0.2, -0.15) is 0 Å². The predicted molar refractivity (Wildman–Crippen MR) is 46.2 cm³/mol. The third-order valence-corrected chi connectivity index (χ3v) is 1.32. The van der Waals surface area contributed by atoms with Crippen LogP contribution in [0.1, 0.15) is 26.7 Å². The molecular formula is C5H16Cl2N2. The van der Waals surface area contributed by atoms with E-state index in [-0.39, 0.29) is 24.8 Å². The van der Waals surface area contributed by atoms with E-state index in [0.717, 1.165) is 12.8 Å². The van der Waals surface area contributed by atoms with Crippen molar-refractivity contribution < 1.29 is 0 Å². The molecule has 4 heteroatoms. The van der Waals surface area contributed by atoms with Crippen molar-refractivity contribution in [2.24, 2.45) is 11.5 Å². The van der Waals surface area contributed by atoms with E-state index in [0.29, 0.717) is 0 Å². The number of halogens is 2. The van der Waals surface area contributed by atoms with Crippen molar-refractivity contribution in [3.8, 4) is 0 Å². The van der Waals surface area contributed by atoms with Crippen LogP contribution in [0.5, 0.6) is 0 Å². The summed E-state index contributed by atoms with van der Waals surface area (Å²) in [6, 6.07) is 0. The van der Waals surface area contributed by atoms with Crippen LogP contribution in [0.25, 0.3) is 0 Å². The van der Waals surface area contributed by atoms with Crippen molar-refractivity contribution in [2.45, 2.75) is 32.4 Å². The molecule has 0 bridgehead atoms. The Morgan fingerprint density at radius 1 is 1.00 bits per heavy atom. The molecule has 0 aliphatic rings. The standard InChI is InChI=1S/C5H14N2.2ClH/c1-3-5(6,7)4-2;;/h3-4,6-7H2,1-2H3;2*1H. The molecule has 0 saturated carbocycles. The molecule has 0 unspecified atom stereocenters. The molecule has 0 heterocycles. The minimum absolute atomic E-state index is 0. The number of hydrogen-bond donors (Lipinski definition) is 2. The molecule has 0 saturated heterocycles. The molecule has 4 N–H and O–H groups in total. The van der Waals surface area contributed by atoms with Crippen molar-refractivity contribution >= 4 is 24.8 Å². The van der Waals surface area contributed by atoms with Crippen LogP contribution in [-0.2, 0) is 0 Å². The lowest BCUT2D eigenvalue weighted by Gasteiger charge is -2.19. The lowest BCUT2D eigenvalue weighted by atomic mass is 10.1. The Morgan fingerprint density at radius 3 is 1.22 bits per heavy atom. The number of hydrogen-bond acceptors (Lipinski definition) is 2. The topological polar surface area (TPSA) is 52.0 Å². The zero-order chi connectivity index (χ0) is 5.91. The van der Waals surface area contributed by atoms with E-state index in [2.05, 4.69) is 0 Å². The normalized spacial score (nSPS) is 9.33. The molecule has 0 aliphatic heterocycles. The molecule has 0 rings (SSSR count). The molecule has 0 amide bonds. The maximum absolute atomic E-state index is 5.49. The molecule has 2 nitrogen and oxygen atoms in total. The summed E-state index contributed by atoms with van der Waals surface area (Å²) in [5.74, 6) is 0. The zero-order valence-electron chi connectivity index (χ0n) is 5.89. The molecule has 9 heavy (non-hydrogen) atoms. The lowest BCUT2D eigenvalue weighted by Crippen LogP contribution is -2.47. The van der Waals surface area contributed by atoms with Gasteiger partial charge in [0.2, 0.25) is 0 Å². The molecule has 0 aromatic heterocycles. The summed E-state index contributed by atoms with van der Waals surface area (Å²) in [6.07, 6.45) is 1.70. The van der Waals surface area contributed by atoms with E-state index in [1.54, 1.807) is 0 Å². The fourth-order valence-corrected chi connectivity index (χ4v) is 0.250. The second-order valence-electron chi connectivity index (χ2n) is 1.94. The SMILES string of the molecule is CCC(N)(N)CC.Cl.Cl. The van der Waals surface area contributed by atoms with Crippen molar-refractivity contribution in [2.75, 3.05) is 0 Å². The van der Waals surface area contributed by atoms with Gasteiger partial charge in [-0.25, -0.2) is 0 Å². The third kappa shape index (κ3) is 8.50. The highest BCUT2D eigenvalue weighted by Crippen LogP contribution is 1.99. The molecule has 0 aromatic carbocycles. The van der Waals surface area contributed by atoms with Gasteiger partial charge in [0.05, 0.1) is 5.66 Å². The summed E-state index contributed by atoms with van der Waals surface area (Å²) in [5.41, 5.74) is 10.6. The maximum Gasteiger partial charge on any atom is 0.0631 e. The van der Waals surface area contributed by atoms with Crippen molar-refractivity contribution in [3.63, 3.8) is 0 Å². The van der Waals surface area contributed by atoms with Crippen LogP contribution in [-0.4, -0.2) is 5.66 Å². The second-order valence-corrected chi connectivity index (χ2v) is 1.94. The third-order valence-electron chi connectivity index (χ3n) is 1.32. The Balaban J connectivity index is -0.000000180. The summed E-state index contributed by atoms with van der Waals surface area (Å²) in [4.78, 5) is 0. The summed E-state index contributed by atoms with van der Waals surface area (Å²) in [5, 5.41) is 0. The van der Waals surface area contributed by atoms with Crippen LogP contribution in [0.2, 0.25) is 0 Å². The first-order valence-corrected chi connectivity index (χ1v) is 2.70. The van der Waals surface area contributed by atoms with Gasteiger partial charge in [-0.05, 0) is 12.8 Å². The molecule has 0 atom stereocenters. The molecule has 0 spiro atoms. The van der Waals surface area contributed by atoms with E-state index in [1.807, 2.05) is 13.8 Å². The molecule has 60 valence electrons. The van der Waals surface area contributed by atoms with Crippen molar-refractivity contribution in [1.29, 1.82) is 0 Å². The fraction of sp³-hybridized carbons (Fsp3) is 1.00. The van der Waals surface area contributed by atoms with Gasteiger partial charge < -0.3 is 11.5 Å². The van der Waals surface area contributed by atoms with Gasteiger partial charge in [-0.3, -0.25) is 0 Å². The first-order chi connectivity index (χ1) is 3.12.